The molecule has 0 N–H and O–H groups in total. The van der Waals surface area contributed by atoms with Crippen LogP contribution in [0.1, 0.15) is 76.1 Å². The van der Waals surface area contributed by atoms with Crippen LogP contribution in [0.4, 0.5) is 5.69 Å². The van der Waals surface area contributed by atoms with Gasteiger partial charge in [-0.3, -0.25) is 0 Å². The summed E-state index contributed by atoms with van der Waals surface area (Å²) in [6.45, 7) is 15.3. The zero-order valence-corrected chi connectivity index (χ0v) is 22.4. The fraction of sp³-hybridized carbons (Fsp3) is 0.394. The second-order valence-corrected chi connectivity index (χ2v) is 9.14. The van der Waals surface area contributed by atoms with E-state index in [1.807, 2.05) is 13.8 Å². The molecule has 0 radical (unpaired) electrons. The highest BCUT2D eigenvalue weighted by Crippen LogP contribution is 2.27. The van der Waals surface area contributed by atoms with E-state index in [1.165, 1.54) is 72.3 Å². The zero-order valence-electron chi connectivity index (χ0n) is 22.4. The van der Waals surface area contributed by atoms with E-state index in [0.29, 0.717) is 0 Å². The van der Waals surface area contributed by atoms with Gasteiger partial charge in [-0.05, 0) is 79.0 Å². The molecule has 3 aromatic rings. The van der Waals surface area contributed by atoms with Crippen molar-refractivity contribution in [2.45, 2.75) is 67.2 Å². The van der Waals surface area contributed by atoms with Crippen molar-refractivity contribution < 1.29 is 0 Å². The lowest BCUT2D eigenvalue weighted by atomic mass is 9.97. The minimum Gasteiger partial charge on any atom is -0.371 e. The van der Waals surface area contributed by atoms with Gasteiger partial charge in [0.2, 0.25) is 0 Å². The van der Waals surface area contributed by atoms with Crippen LogP contribution >= 0.6 is 0 Å². The van der Waals surface area contributed by atoms with Crippen molar-refractivity contribution in [1.29, 1.82) is 0 Å². The number of rotatable bonds is 5. The maximum atomic E-state index is 2.53. The Labute approximate surface area is 209 Å². The molecule has 1 aliphatic rings. The van der Waals surface area contributed by atoms with Gasteiger partial charge >= 0.3 is 0 Å². The Balaban J connectivity index is 0.000000311. The van der Waals surface area contributed by atoms with Crippen LogP contribution in [-0.4, -0.2) is 13.1 Å². The Hall–Kier alpha value is -2.80. The predicted molar refractivity (Wildman–Crippen MR) is 154 cm³/mol. The summed E-state index contributed by atoms with van der Waals surface area (Å²) < 4.78 is 0. The zero-order chi connectivity index (χ0) is 24.8. The molecule has 1 fully saturated rings. The summed E-state index contributed by atoms with van der Waals surface area (Å²) in [6.07, 6.45) is 7.36. The van der Waals surface area contributed by atoms with Gasteiger partial charge in [-0.25, -0.2) is 0 Å². The van der Waals surface area contributed by atoms with Crippen LogP contribution in [-0.2, 0) is 6.42 Å². The first-order chi connectivity index (χ1) is 16.6. The summed E-state index contributed by atoms with van der Waals surface area (Å²) in [7, 11) is 0. The maximum Gasteiger partial charge on any atom is 0.0372 e. The molecule has 34 heavy (non-hydrogen) atoms. The van der Waals surface area contributed by atoms with Crippen LogP contribution in [0.2, 0.25) is 0 Å². The van der Waals surface area contributed by atoms with Crippen molar-refractivity contribution in [3.8, 4) is 0 Å². The van der Waals surface area contributed by atoms with Crippen molar-refractivity contribution >= 4 is 17.3 Å². The lowest BCUT2D eigenvalue weighted by molar-refractivity contribution is 0.438. The smallest absolute Gasteiger partial charge is 0.0372 e. The molecule has 0 atom stereocenters. The maximum absolute atomic E-state index is 2.53. The highest BCUT2D eigenvalue weighted by Gasteiger charge is 2.16. The third kappa shape index (κ3) is 8.86. The molecular weight excluding hydrogens is 410 g/mol. The summed E-state index contributed by atoms with van der Waals surface area (Å²) in [6, 6.07) is 28.2. The lowest BCUT2D eigenvalue weighted by Gasteiger charge is -2.32. The third-order valence-corrected chi connectivity index (χ3v) is 6.39. The van der Waals surface area contributed by atoms with Gasteiger partial charge in [0.15, 0.2) is 0 Å². The molecule has 182 valence electrons. The number of aryl methyl sites for hydroxylation is 2. The van der Waals surface area contributed by atoms with E-state index in [4.69, 9.17) is 0 Å². The molecule has 4 rings (SSSR count). The van der Waals surface area contributed by atoms with E-state index < -0.39 is 0 Å². The summed E-state index contributed by atoms with van der Waals surface area (Å²) in [5.41, 5.74) is 8.10. The molecule has 1 heteroatoms. The van der Waals surface area contributed by atoms with E-state index in [1.54, 1.807) is 0 Å². The molecular formula is C33H45N. The Morgan fingerprint density at radius 3 is 2.18 bits per heavy atom. The number of anilines is 1. The van der Waals surface area contributed by atoms with E-state index in [2.05, 4.69) is 118 Å². The average molecular weight is 456 g/mol. The molecule has 3 aromatic carbocycles. The first kappa shape index (κ1) is 27.4. The minimum absolute atomic E-state index is 0.872. The van der Waals surface area contributed by atoms with Crippen LogP contribution in [0, 0.1) is 12.8 Å². The van der Waals surface area contributed by atoms with E-state index >= 15 is 0 Å². The van der Waals surface area contributed by atoms with Gasteiger partial charge in [0, 0.05) is 18.8 Å². The van der Waals surface area contributed by atoms with E-state index in [9.17, 15) is 0 Å². The highest BCUT2D eigenvalue weighted by atomic mass is 15.1. The molecule has 1 aliphatic heterocycles. The van der Waals surface area contributed by atoms with Crippen molar-refractivity contribution in [1.82, 2.24) is 0 Å². The molecule has 1 saturated heterocycles. The van der Waals surface area contributed by atoms with Gasteiger partial charge in [-0.1, -0.05) is 107 Å². The number of allylic oxidation sites excluding steroid dienone is 1. The highest BCUT2D eigenvalue weighted by molar-refractivity contribution is 5.82. The van der Waals surface area contributed by atoms with Crippen molar-refractivity contribution in [3.05, 3.63) is 101 Å². The van der Waals surface area contributed by atoms with Gasteiger partial charge in [0.05, 0.1) is 0 Å². The van der Waals surface area contributed by atoms with Crippen molar-refractivity contribution in [3.63, 3.8) is 0 Å². The predicted octanol–water partition coefficient (Wildman–Crippen LogP) is 9.46. The first-order valence-corrected chi connectivity index (χ1v) is 13.2. The third-order valence-electron chi connectivity index (χ3n) is 6.39. The average Bonchev–Trinajstić information content (AvgIpc) is 2.88. The summed E-state index contributed by atoms with van der Waals surface area (Å²) >= 11 is 0. The van der Waals surface area contributed by atoms with Crippen LogP contribution in [0.3, 0.4) is 0 Å². The standard InChI is InChI=1S/C22H27N.C9H12.C2H6/c1-17-11-13-23(14-12-17)22-10-6-9-21(16-22)19(3)15-20-8-5-4-7-18(20)2;1-2-6-9-7-4-3-5-8-9;1-2/h4-10,15-17H,11-14H2,1-3H3;3-5,7-8H,2,6H2,1H3;1-2H3/b19-15+;;. The van der Waals surface area contributed by atoms with E-state index in [0.717, 1.165) is 5.92 Å². The monoisotopic (exact) mass is 455 g/mol. The summed E-state index contributed by atoms with van der Waals surface area (Å²) in [4.78, 5) is 2.53. The number of hydrogen-bond donors (Lipinski definition) is 0. The molecule has 0 saturated carbocycles. The van der Waals surface area contributed by atoms with Gasteiger partial charge in [0.1, 0.15) is 0 Å². The molecule has 0 aromatic heterocycles. The first-order valence-electron chi connectivity index (χ1n) is 13.2. The van der Waals surface area contributed by atoms with Crippen LogP contribution < -0.4 is 4.90 Å². The number of benzene rings is 3. The summed E-state index contributed by atoms with van der Waals surface area (Å²) in [5, 5.41) is 0. The Kier molecular flexibility index (Phi) is 12.2. The van der Waals surface area contributed by atoms with Crippen molar-refractivity contribution in [2.75, 3.05) is 18.0 Å². The lowest BCUT2D eigenvalue weighted by Crippen LogP contribution is -2.32. The second kappa shape index (κ2) is 15.2. The Morgan fingerprint density at radius 2 is 1.53 bits per heavy atom. The molecule has 1 heterocycles. The van der Waals surface area contributed by atoms with Gasteiger partial charge in [0.25, 0.3) is 0 Å². The Bertz CT molecular complexity index is 978. The summed E-state index contributed by atoms with van der Waals surface area (Å²) in [5.74, 6) is 0.872. The molecule has 0 bridgehead atoms. The number of piperidine rings is 1. The van der Waals surface area contributed by atoms with Crippen molar-refractivity contribution in [2.24, 2.45) is 5.92 Å². The van der Waals surface area contributed by atoms with Crippen LogP contribution in [0.25, 0.3) is 11.6 Å². The van der Waals surface area contributed by atoms with Crippen LogP contribution in [0.15, 0.2) is 78.9 Å². The topological polar surface area (TPSA) is 3.24 Å². The molecule has 1 nitrogen and oxygen atoms in total. The fourth-order valence-electron chi connectivity index (χ4n) is 4.21. The number of nitrogens with zero attached hydrogens (tertiary/aromatic N) is 1. The molecule has 0 aliphatic carbocycles. The molecule has 0 amide bonds. The fourth-order valence-corrected chi connectivity index (χ4v) is 4.21. The SMILES string of the molecule is C/C(=C\c1ccccc1C)c1cccc(N2CCC(C)CC2)c1.CC.CCCc1ccccc1. The van der Waals surface area contributed by atoms with Gasteiger partial charge in [-0.15, -0.1) is 0 Å². The molecule has 0 unspecified atom stereocenters. The number of hydrogen-bond acceptors (Lipinski definition) is 1. The minimum atomic E-state index is 0.872. The largest absolute Gasteiger partial charge is 0.371 e. The normalized spacial score (nSPS) is 13.9. The Morgan fingerprint density at radius 1 is 0.882 bits per heavy atom. The molecule has 0 spiro atoms. The van der Waals surface area contributed by atoms with Gasteiger partial charge in [-0.2, -0.15) is 0 Å². The van der Waals surface area contributed by atoms with Gasteiger partial charge < -0.3 is 4.90 Å². The second-order valence-electron chi connectivity index (χ2n) is 9.14. The quantitative estimate of drug-likeness (QED) is 0.346. The van der Waals surface area contributed by atoms with Crippen LogP contribution in [0.5, 0.6) is 0 Å². The van der Waals surface area contributed by atoms with E-state index in [-0.39, 0.29) is 0 Å².